The van der Waals surface area contributed by atoms with Crippen molar-refractivity contribution >= 4 is 21.4 Å². The summed E-state index contributed by atoms with van der Waals surface area (Å²) in [7, 11) is 1.83. The summed E-state index contributed by atoms with van der Waals surface area (Å²) >= 11 is 1.68. The van der Waals surface area contributed by atoms with Crippen molar-refractivity contribution < 1.29 is 10.2 Å². The van der Waals surface area contributed by atoms with Gasteiger partial charge in [0.2, 0.25) is 0 Å². The van der Waals surface area contributed by atoms with E-state index < -0.39 is 12.2 Å². The first-order chi connectivity index (χ1) is 8.22. The van der Waals surface area contributed by atoms with E-state index in [9.17, 15) is 10.2 Å². The Hall–Kier alpha value is -0.940. The largest absolute Gasteiger partial charge is 0.390 e. The maximum absolute atomic E-state index is 10.0. The van der Waals surface area contributed by atoms with Gasteiger partial charge in [-0.1, -0.05) is 6.07 Å². The van der Waals surface area contributed by atoms with Crippen molar-refractivity contribution in [2.75, 3.05) is 13.6 Å². The van der Waals surface area contributed by atoms with Gasteiger partial charge in [0.25, 0.3) is 0 Å². The number of nitrogens with one attached hydrogen (secondary N) is 1. The highest BCUT2D eigenvalue weighted by atomic mass is 32.1. The fourth-order valence-corrected chi connectivity index (χ4v) is 2.61. The molecule has 92 valence electrons. The predicted molar refractivity (Wildman–Crippen MR) is 71.3 cm³/mol. The van der Waals surface area contributed by atoms with Crippen molar-refractivity contribution in [3.05, 3.63) is 35.2 Å². The van der Waals surface area contributed by atoms with Gasteiger partial charge in [0, 0.05) is 4.70 Å². The lowest BCUT2D eigenvalue weighted by Crippen LogP contribution is -2.23. The minimum Gasteiger partial charge on any atom is -0.390 e. The van der Waals surface area contributed by atoms with Gasteiger partial charge in [-0.3, -0.25) is 0 Å². The van der Waals surface area contributed by atoms with E-state index in [1.165, 1.54) is 4.70 Å². The summed E-state index contributed by atoms with van der Waals surface area (Å²) in [6.45, 7) is 0.693. The molecule has 4 heteroatoms. The van der Waals surface area contributed by atoms with Crippen LogP contribution < -0.4 is 5.32 Å². The molecule has 17 heavy (non-hydrogen) atoms. The number of aliphatic hydroxyl groups is 2. The van der Waals surface area contributed by atoms with Crippen LogP contribution in [0.2, 0.25) is 0 Å². The Balaban J connectivity index is 2.14. The van der Waals surface area contributed by atoms with Crippen LogP contribution in [0.5, 0.6) is 0 Å². The minimum atomic E-state index is -0.812. The van der Waals surface area contributed by atoms with E-state index in [0.717, 1.165) is 10.9 Å². The fourth-order valence-electron chi connectivity index (χ4n) is 1.84. The maximum atomic E-state index is 10.0. The Morgan fingerprint density at radius 3 is 2.88 bits per heavy atom. The molecule has 0 aliphatic rings. The maximum Gasteiger partial charge on any atom is 0.105 e. The molecule has 2 aromatic rings. The third-order valence-electron chi connectivity index (χ3n) is 2.87. The monoisotopic (exact) mass is 251 g/mol. The van der Waals surface area contributed by atoms with Crippen molar-refractivity contribution in [2.45, 2.75) is 18.6 Å². The molecular formula is C13H17NO2S. The van der Waals surface area contributed by atoms with Gasteiger partial charge >= 0.3 is 0 Å². The molecule has 1 heterocycles. The Bertz CT molecular complexity index is 483. The SMILES string of the molecule is CNCCC(O)C(O)c1ccc2sccc2c1. The first kappa shape index (κ1) is 12.5. The normalized spacial score (nSPS) is 15.0. The second-order valence-electron chi connectivity index (χ2n) is 4.12. The van der Waals surface area contributed by atoms with E-state index in [0.29, 0.717) is 13.0 Å². The van der Waals surface area contributed by atoms with Crippen LogP contribution in [0.3, 0.4) is 0 Å². The predicted octanol–water partition coefficient (Wildman–Crippen LogP) is 1.91. The second-order valence-corrected chi connectivity index (χ2v) is 5.07. The first-order valence-corrected chi connectivity index (χ1v) is 6.58. The molecule has 2 unspecified atom stereocenters. The van der Waals surface area contributed by atoms with E-state index in [-0.39, 0.29) is 0 Å². The van der Waals surface area contributed by atoms with E-state index in [4.69, 9.17) is 0 Å². The fraction of sp³-hybridized carbons (Fsp3) is 0.385. The average molecular weight is 251 g/mol. The van der Waals surface area contributed by atoms with Crippen LogP contribution in [0.4, 0.5) is 0 Å². The van der Waals surface area contributed by atoms with Crippen LogP contribution in [-0.2, 0) is 0 Å². The van der Waals surface area contributed by atoms with Gasteiger partial charge in [0.1, 0.15) is 6.10 Å². The van der Waals surface area contributed by atoms with Gasteiger partial charge in [0.15, 0.2) is 0 Å². The lowest BCUT2D eigenvalue weighted by Gasteiger charge is -2.18. The van der Waals surface area contributed by atoms with Gasteiger partial charge in [-0.2, -0.15) is 0 Å². The smallest absolute Gasteiger partial charge is 0.105 e. The van der Waals surface area contributed by atoms with Crippen molar-refractivity contribution in [3.63, 3.8) is 0 Å². The van der Waals surface area contributed by atoms with Crippen molar-refractivity contribution in [1.29, 1.82) is 0 Å². The Labute approximate surface area is 105 Å². The average Bonchev–Trinajstić information content (AvgIpc) is 2.81. The number of hydrogen-bond donors (Lipinski definition) is 3. The summed E-state index contributed by atoms with van der Waals surface area (Å²) in [5.41, 5.74) is 0.777. The standard InChI is InChI=1S/C13H17NO2S/c1-14-6-4-11(15)13(16)10-2-3-12-9(8-10)5-7-17-12/h2-3,5,7-8,11,13-16H,4,6H2,1H3. The number of thiophene rings is 1. The Morgan fingerprint density at radius 2 is 2.12 bits per heavy atom. The van der Waals surface area contributed by atoms with Crippen LogP contribution in [-0.4, -0.2) is 29.9 Å². The van der Waals surface area contributed by atoms with E-state index in [1.807, 2.05) is 36.7 Å². The number of rotatable bonds is 5. The summed E-state index contributed by atoms with van der Waals surface area (Å²) in [4.78, 5) is 0. The molecule has 3 nitrogen and oxygen atoms in total. The highest BCUT2D eigenvalue weighted by molar-refractivity contribution is 7.17. The summed E-state index contributed by atoms with van der Waals surface area (Å²) in [6.07, 6.45) is -0.995. The van der Waals surface area contributed by atoms with Gasteiger partial charge in [-0.05, 0) is 54.5 Å². The van der Waals surface area contributed by atoms with Crippen molar-refractivity contribution in [1.82, 2.24) is 5.32 Å². The van der Waals surface area contributed by atoms with Crippen LogP contribution >= 0.6 is 11.3 Å². The molecule has 0 spiro atoms. The van der Waals surface area contributed by atoms with Gasteiger partial charge in [-0.25, -0.2) is 0 Å². The van der Waals surface area contributed by atoms with Crippen LogP contribution in [0.15, 0.2) is 29.6 Å². The molecule has 0 aliphatic heterocycles. The molecule has 0 saturated carbocycles. The number of hydrogen-bond acceptors (Lipinski definition) is 4. The second kappa shape index (κ2) is 5.60. The third kappa shape index (κ3) is 2.84. The molecule has 2 rings (SSSR count). The van der Waals surface area contributed by atoms with Crippen LogP contribution in [0, 0.1) is 0 Å². The molecule has 3 N–H and O–H groups in total. The zero-order chi connectivity index (χ0) is 12.3. The van der Waals surface area contributed by atoms with Gasteiger partial charge in [0.05, 0.1) is 6.10 Å². The summed E-state index contributed by atoms with van der Waals surface area (Å²) in [6, 6.07) is 7.84. The van der Waals surface area contributed by atoms with Crippen molar-refractivity contribution in [2.24, 2.45) is 0 Å². The first-order valence-electron chi connectivity index (χ1n) is 5.70. The van der Waals surface area contributed by atoms with E-state index in [2.05, 4.69) is 5.32 Å². The zero-order valence-electron chi connectivity index (χ0n) is 9.76. The summed E-state index contributed by atoms with van der Waals surface area (Å²) in [5, 5.41) is 26.0. The zero-order valence-corrected chi connectivity index (χ0v) is 10.6. The third-order valence-corrected chi connectivity index (χ3v) is 3.77. The van der Waals surface area contributed by atoms with Gasteiger partial charge < -0.3 is 15.5 Å². The molecule has 0 aliphatic carbocycles. The Morgan fingerprint density at radius 1 is 1.29 bits per heavy atom. The highest BCUT2D eigenvalue weighted by Crippen LogP contribution is 2.26. The molecule has 0 fully saturated rings. The topological polar surface area (TPSA) is 52.5 Å². The number of fused-ring (bicyclic) bond motifs is 1. The van der Waals surface area contributed by atoms with Crippen molar-refractivity contribution in [3.8, 4) is 0 Å². The lowest BCUT2D eigenvalue weighted by molar-refractivity contribution is 0.0141. The number of aliphatic hydroxyl groups excluding tert-OH is 2. The molecule has 2 atom stereocenters. The van der Waals surface area contributed by atoms with E-state index >= 15 is 0 Å². The summed E-state index contributed by atoms with van der Waals surface area (Å²) < 4.78 is 1.20. The van der Waals surface area contributed by atoms with Crippen LogP contribution in [0.25, 0.3) is 10.1 Å². The molecule has 1 aromatic heterocycles. The molecule has 0 bridgehead atoms. The minimum absolute atomic E-state index is 0.541. The molecule has 0 radical (unpaired) electrons. The Kier molecular flexibility index (Phi) is 4.12. The molecule has 1 aromatic carbocycles. The van der Waals surface area contributed by atoms with E-state index in [1.54, 1.807) is 11.3 Å². The summed E-state index contributed by atoms with van der Waals surface area (Å²) in [5.74, 6) is 0. The highest BCUT2D eigenvalue weighted by Gasteiger charge is 2.17. The molecule has 0 saturated heterocycles. The van der Waals surface area contributed by atoms with Gasteiger partial charge in [-0.15, -0.1) is 11.3 Å². The molecule has 0 amide bonds. The lowest BCUT2D eigenvalue weighted by atomic mass is 10.0. The van der Waals surface area contributed by atoms with Crippen LogP contribution in [0.1, 0.15) is 18.1 Å². The quantitative estimate of drug-likeness (QED) is 0.761. The number of benzene rings is 1. The molecular weight excluding hydrogens is 234 g/mol.